The van der Waals surface area contributed by atoms with Crippen molar-refractivity contribution in [3.8, 4) is 0 Å². The second kappa shape index (κ2) is 5.28. The molecule has 0 spiro atoms. The van der Waals surface area contributed by atoms with Gasteiger partial charge >= 0.3 is 0 Å². The van der Waals surface area contributed by atoms with Crippen molar-refractivity contribution in [1.82, 2.24) is 4.90 Å². The van der Waals surface area contributed by atoms with Gasteiger partial charge in [-0.1, -0.05) is 12.1 Å². The lowest BCUT2D eigenvalue weighted by Crippen LogP contribution is -2.40. The first-order valence-electron chi connectivity index (χ1n) is 5.61. The summed E-state index contributed by atoms with van der Waals surface area (Å²) >= 11 is 4.52. The quantitative estimate of drug-likeness (QED) is 0.613. The first kappa shape index (κ1) is 13.4. The molecule has 1 atom stereocenters. The average molecular weight is 282 g/mol. The van der Waals surface area contributed by atoms with Crippen LogP contribution in [0.1, 0.15) is 10.8 Å². The second-order valence-corrected chi connectivity index (χ2v) is 6.90. The van der Waals surface area contributed by atoms with Gasteiger partial charge in [-0.15, -0.1) is 0 Å². The molecule has 6 heteroatoms. The zero-order chi connectivity index (χ0) is 13.2. The lowest BCUT2D eigenvalue weighted by Gasteiger charge is -2.29. The first-order chi connectivity index (χ1) is 8.53. The fourth-order valence-electron chi connectivity index (χ4n) is 2.04. The molecule has 0 saturated carbocycles. The number of rotatable bonds is 2. The van der Waals surface area contributed by atoms with Gasteiger partial charge in [0, 0.05) is 13.1 Å². The minimum absolute atomic E-state index is 0.216. The molecule has 18 heavy (non-hydrogen) atoms. The minimum Gasteiger partial charge on any atom is -0.304 e. The summed E-state index contributed by atoms with van der Waals surface area (Å²) in [5, 5.41) is 1.85. The maximum absolute atomic E-state index is 12.1. The Balaban J connectivity index is 2.31. The fourth-order valence-corrected chi connectivity index (χ4v) is 4.05. The van der Waals surface area contributed by atoms with Crippen molar-refractivity contribution in [3.63, 3.8) is 0 Å². The monoisotopic (exact) mass is 282 g/mol. The summed E-state index contributed by atoms with van der Waals surface area (Å²) in [6.45, 7) is 1.14. The predicted molar refractivity (Wildman–Crippen MR) is 75.2 cm³/mol. The summed E-state index contributed by atoms with van der Waals surface area (Å²) in [7, 11) is -1.11. The highest BCUT2D eigenvalue weighted by atomic mass is 32.2. The molecular formula is C12H14N2O2S2. The molecule has 1 aliphatic heterocycles. The Kier molecular flexibility index (Phi) is 3.92. The van der Waals surface area contributed by atoms with Crippen molar-refractivity contribution in [1.29, 1.82) is 0 Å². The van der Waals surface area contributed by atoms with Crippen molar-refractivity contribution in [2.75, 3.05) is 25.9 Å². The first-order valence-corrected chi connectivity index (χ1v) is 7.73. The van der Waals surface area contributed by atoms with Crippen molar-refractivity contribution in [2.45, 2.75) is 5.25 Å². The number of isothiocyanates is 1. The Morgan fingerprint density at radius 1 is 1.39 bits per heavy atom. The third-order valence-corrected chi connectivity index (χ3v) is 5.24. The van der Waals surface area contributed by atoms with E-state index in [1.165, 1.54) is 0 Å². The Hall–Kier alpha value is -1.07. The van der Waals surface area contributed by atoms with Gasteiger partial charge in [0.2, 0.25) is 0 Å². The van der Waals surface area contributed by atoms with Gasteiger partial charge in [0.25, 0.3) is 0 Å². The maximum atomic E-state index is 12.1. The summed E-state index contributed by atoms with van der Waals surface area (Å²) in [4.78, 5) is 5.89. The molecule has 2 rings (SSSR count). The Morgan fingerprint density at radius 2 is 2.06 bits per heavy atom. The Bertz CT molecular complexity index is 575. The van der Waals surface area contributed by atoms with Gasteiger partial charge in [0.05, 0.1) is 21.9 Å². The number of hydrogen-bond donors (Lipinski definition) is 0. The minimum atomic E-state index is -3.04. The highest BCUT2D eigenvalue weighted by molar-refractivity contribution is 7.91. The summed E-state index contributed by atoms with van der Waals surface area (Å²) in [5.41, 5.74) is 1.50. The van der Waals surface area contributed by atoms with Gasteiger partial charge in [0.15, 0.2) is 9.84 Å². The molecule has 1 heterocycles. The number of hydrogen-bond acceptors (Lipinski definition) is 5. The van der Waals surface area contributed by atoms with Crippen LogP contribution in [0.15, 0.2) is 29.3 Å². The van der Waals surface area contributed by atoms with E-state index in [0.29, 0.717) is 18.8 Å². The topological polar surface area (TPSA) is 49.7 Å². The highest BCUT2D eigenvalue weighted by Gasteiger charge is 2.32. The molecule has 0 amide bonds. The molecule has 1 aliphatic rings. The number of benzene rings is 1. The van der Waals surface area contributed by atoms with E-state index in [9.17, 15) is 8.42 Å². The summed E-state index contributed by atoms with van der Waals surface area (Å²) in [6, 6.07) is 7.12. The van der Waals surface area contributed by atoms with Gasteiger partial charge in [0.1, 0.15) is 0 Å². The lowest BCUT2D eigenvalue weighted by molar-refractivity contribution is 0.333. The summed E-state index contributed by atoms with van der Waals surface area (Å²) in [5.74, 6) is 0.216. The van der Waals surface area contributed by atoms with E-state index in [-0.39, 0.29) is 5.75 Å². The van der Waals surface area contributed by atoms with Crippen LogP contribution in [0.3, 0.4) is 0 Å². The maximum Gasteiger partial charge on any atom is 0.159 e. The van der Waals surface area contributed by atoms with E-state index < -0.39 is 15.1 Å². The number of sulfone groups is 1. The van der Waals surface area contributed by atoms with E-state index in [1.807, 2.05) is 11.9 Å². The van der Waals surface area contributed by atoms with Crippen molar-refractivity contribution in [3.05, 3.63) is 29.8 Å². The van der Waals surface area contributed by atoms with Crippen molar-refractivity contribution >= 4 is 32.9 Å². The summed E-state index contributed by atoms with van der Waals surface area (Å²) < 4.78 is 24.1. The van der Waals surface area contributed by atoms with Crippen LogP contribution in [0.2, 0.25) is 0 Å². The van der Waals surface area contributed by atoms with Gasteiger partial charge in [-0.25, -0.2) is 8.42 Å². The van der Waals surface area contributed by atoms with Gasteiger partial charge in [-0.3, -0.25) is 0 Å². The number of nitrogens with zero attached hydrogens (tertiary/aromatic N) is 2. The van der Waals surface area contributed by atoms with Crippen LogP contribution in [0.5, 0.6) is 0 Å². The molecule has 0 aromatic heterocycles. The van der Waals surface area contributed by atoms with Crippen LogP contribution in [0.4, 0.5) is 5.69 Å². The normalized spacial score (nSPS) is 23.3. The van der Waals surface area contributed by atoms with Gasteiger partial charge < -0.3 is 4.90 Å². The molecule has 0 radical (unpaired) electrons. The largest absolute Gasteiger partial charge is 0.304 e. The SMILES string of the molecule is CN1CCS(=O)(=O)C(c2ccc(N=C=S)cc2)C1. The molecule has 4 nitrogen and oxygen atoms in total. The van der Waals surface area contributed by atoms with Crippen LogP contribution in [-0.2, 0) is 9.84 Å². The zero-order valence-electron chi connectivity index (χ0n) is 10.0. The van der Waals surface area contributed by atoms with E-state index in [1.54, 1.807) is 24.3 Å². The summed E-state index contributed by atoms with van der Waals surface area (Å²) in [6.07, 6.45) is 0. The molecule has 0 bridgehead atoms. The van der Waals surface area contributed by atoms with Crippen LogP contribution in [-0.4, -0.2) is 44.4 Å². The highest BCUT2D eigenvalue weighted by Crippen LogP contribution is 2.28. The van der Waals surface area contributed by atoms with Crippen LogP contribution in [0, 0.1) is 0 Å². The molecule has 1 unspecified atom stereocenters. The molecule has 1 saturated heterocycles. The van der Waals surface area contributed by atoms with Gasteiger partial charge in [-0.2, -0.15) is 4.99 Å². The Labute approximate surface area is 112 Å². The lowest BCUT2D eigenvalue weighted by atomic mass is 10.1. The zero-order valence-corrected chi connectivity index (χ0v) is 11.7. The molecule has 96 valence electrons. The average Bonchev–Trinajstić information content (AvgIpc) is 2.34. The van der Waals surface area contributed by atoms with Crippen LogP contribution < -0.4 is 0 Å². The van der Waals surface area contributed by atoms with E-state index in [0.717, 1.165) is 5.56 Å². The molecule has 1 aromatic carbocycles. The van der Waals surface area contributed by atoms with Gasteiger partial charge in [-0.05, 0) is 37.0 Å². The number of aliphatic imine (C=N–C) groups is 1. The molecule has 0 N–H and O–H groups in total. The van der Waals surface area contributed by atoms with E-state index >= 15 is 0 Å². The Morgan fingerprint density at radius 3 is 2.67 bits per heavy atom. The fraction of sp³-hybridized carbons (Fsp3) is 0.417. The smallest absolute Gasteiger partial charge is 0.159 e. The van der Waals surface area contributed by atoms with E-state index in [2.05, 4.69) is 22.4 Å². The third-order valence-electron chi connectivity index (χ3n) is 3.11. The predicted octanol–water partition coefficient (Wildman–Crippen LogP) is 1.82. The molecular weight excluding hydrogens is 268 g/mol. The van der Waals surface area contributed by atoms with Crippen LogP contribution in [0.25, 0.3) is 0 Å². The standard InChI is InChI=1S/C12H14N2O2S2/c1-14-6-7-18(15,16)12(8-14)10-2-4-11(5-3-10)13-9-17/h2-5,12H,6-8H2,1H3. The van der Waals surface area contributed by atoms with E-state index in [4.69, 9.17) is 0 Å². The third kappa shape index (κ3) is 2.84. The number of thiocarbonyl (C=S) groups is 1. The van der Waals surface area contributed by atoms with Crippen LogP contribution >= 0.6 is 12.2 Å². The molecule has 1 aromatic rings. The van der Waals surface area contributed by atoms with Crippen molar-refractivity contribution in [2.24, 2.45) is 4.99 Å². The molecule has 1 fully saturated rings. The molecule has 0 aliphatic carbocycles. The second-order valence-electron chi connectivity index (χ2n) is 4.41. The van der Waals surface area contributed by atoms with Crippen molar-refractivity contribution < 1.29 is 8.42 Å². The number of likely N-dealkylation sites (N-methyl/N-ethyl adjacent to an activating group) is 1.